The number of esters is 3. The van der Waals surface area contributed by atoms with Gasteiger partial charge in [0.2, 0.25) is 5.95 Å². The molecule has 1 N–H and O–H groups in total. The predicted molar refractivity (Wildman–Crippen MR) is 234 cm³/mol. The molecule has 3 atom stereocenters. The highest BCUT2D eigenvalue weighted by Crippen LogP contribution is 2.41. The third-order valence-corrected chi connectivity index (χ3v) is 11.1. The Hall–Kier alpha value is -8.25. The minimum atomic E-state index is -1.09. The summed E-state index contributed by atoms with van der Waals surface area (Å²) in [5.41, 5.74) is 2.68. The summed E-state index contributed by atoms with van der Waals surface area (Å²) in [5, 5.41) is 3.65. The maximum Gasteiger partial charge on any atom is 0.344 e. The molecule has 2 heterocycles. The number of benzene rings is 6. The highest BCUT2D eigenvalue weighted by Gasteiger charge is 2.47. The Kier molecular flexibility index (Phi) is 11.3. The fourth-order valence-electron chi connectivity index (χ4n) is 8.02. The van der Waals surface area contributed by atoms with Gasteiger partial charge >= 0.3 is 17.9 Å². The van der Waals surface area contributed by atoms with Gasteiger partial charge in [-0.2, -0.15) is 9.97 Å². The summed E-state index contributed by atoms with van der Waals surface area (Å²) in [4.78, 5) is 69.4. The summed E-state index contributed by atoms with van der Waals surface area (Å²) in [6, 6.07) is 53.9. The molecule has 0 amide bonds. The number of carbonyl (C=O) groups is 4. The van der Waals surface area contributed by atoms with Gasteiger partial charge in [-0.25, -0.2) is 19.4 Å². The second kappa shape index (κ2) is 17.8. The molecule has 0 radical (unpaired) electrons. The summed E-state index contributed by atoms with van der Waals surface area (Å²) >= 11 is 0. The molecule has 1 aliphatic rings. The molecular formula is C51H39N5O7. The van der Waals surface area contributed by atoms with Gasteiger partial charge in [0.15, 0.2) is 16.9 Å². The van der Waals surface area contributed by atoms with Crippen LogP contribution in [0.25, 0.3) is 11.2 Å². The topological polar surface area (TPSA) is 152 Å². The van der Waals surface area contributed by atoms with Gasteiger partial charge in [0.25, 0.3) is 5.88 Å². The Labute approximate surface area is 362 Å². The molecule has 310 valence electrons. The molecule has 2 aromatic heterocycles. The number of hydrogen-bond acceptors (Lipinski definition) is 11. The summed E-state index contributed by atoms with van der Waals surface area (Å²) in [5.74, 6) is -3.44. The van der Waals surface area contributed by atoms with Crippen LogP contribution >= 0.6 is 0 Å². The molecule has 1 fully saturated rings. The van der Waals surface area contributed by atoms with Gasteiger partial charge in [-0.3, -0.25) is 4.79 Å². The van der Waals surface area contributed by atoms with Gasteiger partial charge in [0, 0.05) is 6.42 Å². The van der Waals surface area contributed by atoms with Crippen molar-refractivity contribution in [3.63, 3.8) is 0 Å². The van der Waals surface area contributed by atoms with E-state index in [0.29, 0.717) is 11.1 Å². The number of fused-ring (bicyclic) bond motifs is 1. The first-order chi connectivity index (χ1) is 30.9. The van der Waals surface area contributed by atoms with E-state index in [1.807, 2.05) is 91.0 Å². The minimum Gasteiger partial charge on any atom is -0.461 e. The van der Waals surface area contributed by atoms with Crippen molar-refractivity contribution in [1.82, 2.24) is 19.5 Å². The Balaban J connectivity index is 1.16. The zero-order valence-electron chi connectivity index (χ0n) is 33.7. The van der Waals surface area contributed by atoms with Crippen LogP contribution < -0.4 is 10.1 Å². The molecule has 0 saturated heterocycles. The zero-order valence-corrected chi connectivity index (χ0v) is 33.7. The molecule has 6 aromatic carbocycles. The fourth-order valence-corrected chi connectivity index (χ4v) is 8.02. The average molecular weight is 834 g/mol. The Morgan fingerprint density at radius 3 is 1.57 bits per heavy atom. The highest BCUT2D eigenvalue weighted by molar-refractivity contribution is 5.95. The molecule has 0 aliphatic heterocycles. The van der Waals surface area contributed by atoms with Crippen LogP contribution in [0.2, 0.25) is 0 Å². The molecule has 63 heavy (non-hydrogen) atoms. The summed E-state index contributed by atoms with van der Waals surface area (Å²) < 4.78 is 19.3. The number of hydrogen-bond donors (Lipinski definition) is 1. The van der Waals surface area contributed by atoms with Crippen LogP contribution in [-0.4, -0.2) is 55.9 Å². The van der Waals surface area contributed by atoms with Crippen molar-refractivity contribution in [2.45, 2.75) is 24.1 Å². The number of imidazole rings is 1. The molecule has 9 rings (SSSR count). The third-order valence-electron chi connectivity index (χ3n) is 11.1. The van der Waals surface area contributed by atoms with Crippen LogP contribution in [0.5, 0.6) is 5.88 Å². The second-order valence-corrected chi connectivity index (χ2v) is 14.9. The van der Waals surface area contributed by atoms with Crippen molar-refractivity contribution in [3.8, 4) is 5.88 Å². The lowest BCUT2D eigenvalue weighted by Crippen LogP contribution is -2.38. The molecule has 1 aliphatic carbocycles. The zero-order chi connectivity index (χ0) is 43.2. The number of nitrogens with zero attached hydrogens (tertiary/aromatic N) is 4. The Morgan fingerprint density at radius 2 is 1.06 bits per heavy atom. The van der Waals surface area contributed by atoms with E-state index in [1.165, 1.54) is 6.33 Å². The molecule has 0 spiro atoms. The van der Waals surface area contributed by atoms with Crippen LogP contribution in [0.3, 0.4) is 0 Å². The van der Waals surface area contributed by atoms with E-state index in [1.54, 1.807) is 95.6 Å². The maximum absolute atomic E-state index is 14.7. The minimum absolute atomic E-state index is 0.00427. The number of nitrogens with one attached hydrogen (secondary N) is 1. The molecular weight excluding hydrogens is 795 g/mol. The van der Waals surface area contributed by atoms with Gasteiger partial charge < -0.3 is 24.1 Å². The standard InChI is InChI=1S/C51H39N5O7/c57-44-40(32-61-47(58)34-19-7-1-8-20-34)42(62-48(59)35-21-9-2-10-22-35)31-41(44)56-33-52-43-45(56)53-50(54-46(43)63-49(60)36-23-11-3-12-24-36)55-51(37-25-13-4-14-26-37,38-27-15-5-16-28-38)39-29-17-6-18-30-39/h1-30,33,40-42H,31-32H2,(H,53,54,55)/t40-,41+,42+/m1/s1. The van der Waals surface area contributed by atoms with Crippen LogP contribution in [-0.2, 0) is 19.8 Å². The first-order valence-corrected chi connectivity index (χ1v) is 20.4. The highest BCUT2D eigenvalue weighted by atomic mass is 16.6. The van der Waals surface area contributed by atoms with Crippen molar-refractivity contribution < 1.29 is 33.4 Å². The van der Waals surface area contributed by atoms with Crippen molar-refractivity contribution in [1.29, 1.82) is 0 Å². The first kappa shape index (κ1) is 40.2. The van der Waals surface area contributed by atoms with E-state index in [2.05, 4.69) is 10.3 Å². The SMILES string of the molecule is O=C(OC[C@H]1C(=O)[C@@H](n2cnc3c(OC(=O)c4ccccc4)nc(NC(c4ccccc4)(c4ccccc4)c4ccccc4)nc32)C[C@@H]1OC(=O)c1ccccc1)c1ccccc1. The van der Waals surface area contributed by atoms with Gasteiger partial charge in [-0.1, -0.05) is 146 Å². The van der Waals surface area contributed by atoms with Crippen LogP contribution in [0.4, 0.5) is 5.95 Å². The molecule has 8 aromatic rings. The Morgan fingerprint density at radius 1 is 0.603 bits per heavy atom. The van der Waals surface area contributed by atoms with Crippen LogP contribution in [0, 0.1) is 5.92 Å². The number of ether oxygens (including phenoxy) is 3. The summed E-state index contributed by atoms with van der Waals surface area (Å²) in [6.45, 7) is -0.349. The van der Waals surface area contributed by atoms with E-state index in [-0.39, 0.29) is 47.4 Å². The lowest BCUT2D eigenvalue weighted by Gasteiger charge is -2.37. The van der Waals surface area contributed by atoms with Crippen molar-refractivity contribution in [2.75, 3.05) is 11.9 Å². The van der Waals surface area contributed by atoms with Crippen molar-refractivity contribution >= 4 is 40.8 Å². The lowest BCUT2D eigenvalue weighted by atomic mass is 9.77. The van der Waals surface area contributed by atoms with Crippen molar-refractivity contribution in [2.24, 2.45) is 5.92 Å². The molecule has 12 heteroatoms. The lowest BCUT2D eigenvalue weighted by molar-refractivity contribution is -0.125. The van der Waals surface area contributed by atoms with E-state index < -0.39 is 41.5 Å². The monoisotopic (exact) mass is 833 g/mol. The summed E-state index contributed by atoms with van der Waals surface area (Å²) in [7, 11) is 0. The number of aromatic nitrogens is 4. The van der Waals surface area contributed by atoms with Gasteiger partial charge in [0.1, 0.15) is 18.2 Å². The number of rotatable bonds is 13. The third kappa shape index (κ3) is 8.17. The second-order valence-electron chi connectivity index (χ2n) is 14.9. The van der Waals surface area contributed by atoms with Crippen LogP contribution in [0.15, 0.2) is 188 Å². The predicted octanol–water partition coefficient (Wildman–Crippen LogP) is 8.66. The fraction of sp³-hybridized carbons (Fsp3) is 0.118. The van der Waals surface area contributed by atoms with Gasteiger partial charge in [-0.05, 0) is 53.1 Å². The van der Waals surface area contributed by atoms with Gasteiger partial charge in [0.05, 0.1) is 35.0 Å². The number of Topliss-reactive ketones (excluding diaryl/α,β-unsaturated/α-hetero) is 1. The smallest absolute Gasteiger partial charge is 0.344 e. The number of ketones is 1. The first-order valence-electron chi connectivity index (χ1n) is 20.4. The van der Waals surface area contributed by atoms with Gasteiger partial charge in [-0.15, -0.1) is 0 Å². The Bertz CT molecular complexity index is 2780. The van der Waals surface area contributed by atoms with E-state index in [9.17, 15) is 19.2 Å². The largest absolute Gasteiger partial charge is 0.461 e. The quantitative estimate of drug-likeness (QED) is 0.0878. The van der Waals surface area contributed by atoms with E-state index >= 15 is 0 Å². The van der Waals surface area contributed by atoms with Crippen LogP contribution in [0.1, 0.15) is 60.2 Å². The molecule has 0 bridgehead atoms. The molecule has 0 unspecified atom stereocenters. The average Bonchev–Trinajstić information content (AvgIpc) is 3.91. The number of carbonyl (C=O) groups excluding carboxylic acids is 4. The van der Waals surface area contributed by atoms with Crippen molar-refractivity contribution in [3.05, 3.63) is 222 Å². The molecule has 1 saturated carbocycles. The number of anilines is 1. The van der Waals surface area contributed by atoms with E-state index in [4.69, 9.17) is 24.2 Å². The maximum atomic E-state index is 14.7. The van der Waals surface area contributed by atoms with E-state index in [0.717, 1.165) is 16.7 Å². The normalized spacial score (nSPS) is 16.0. The summed E-state index contributed by atoms with van der Waals surface area (Å²) in [6.07, 6.45) is 0.441. The molecule has 12 nitrogen and oxygen atoms in total.